The molecule has 1 rings (SSSR count). The fourth-order valence-electron chi connectivity index (χ4n) is 1.40. The summed E-state index contributed by atoms with van der Waals surface area (Å²) in [7, 11) is 0. The van der Waals surface area contributed by atoms with E-state index in [-0.39, 0.29) is 30.9 Å². The average molecular weight is 270 g/mol. The first-order valence-electron chi connectivity index (χ1n) is 5.85. The molecule has 5 nitrogen and oxygen atoms in total. The summed E-state index contributed by atoms with van der Waals surface area (Å²) in [4.78, 5) is 23.6. The second-order valence-corrected chi connectivity index (χ2v) is 4.91. The third kappa shape index (κ3) is 5.29. The fourth-order valence-corrected chi connectivity index (χ4v) is 2.04. The minimum Gasteiger partial charge on any atom is -0.396 e. The molecule has 0 saturated heterocycles. The highest BCUT2D eigenvalue weighted by molar-refractivity contribution is 7.12. The molecule has 18 heavy (non-hydrogen) atoms. The predicted octanol–water partition coefficient (Wildman–Crippen LogP) is 0.755. The van der Waals surface area contributed by atoms with Crippen LogP contribution in [0.1, 0.15) is 29.4 Å². The van der Waals surface area contributed by atoms with E-state index in [4.69, 9.17) is 5.11 Å². The maximum absolute atomic E-state index is 11.5. The van der Waals surface area contributed by atoms with Crippen molar-refractivity contribution < 1.29 is 14.7 Å². The minimum atomic E-state index is -0.152. The molecule has 6 heteroatoms. The standard InChI is InChI=1S/C12H18N2O3S/c1-9(5-7-15)14-11(16)4-6-13-12(17)10-3-2-8-18-10/h2-3,8-9,15H,4-7H2,1H3,(H,13,17)(H,14,16). The molecule has 1 aromatic heterocycles. The molecule has 0 aromatic carbocycles. The van der Waals surface area contributed by atoms with E-state index in [9.17, 15) is 9.59 Å². The van der Waals surface area contributed by atoms with Gasteiger partial charge in [0.05, 0.1) is 4.88 Å². The first-order valence-corrected chi connectivity index (χ1v) is 6.73. The van der Waals surface area contributed by atoms with Gasteiger partial charge in [0.1, 0.15) is 0 Å². The van der Waals surface area contributed by atoms with Crippen molar-refractivity contribution in [3.05, 3.63) is 22.4 Å². The predicted molar refractivity (Wildman–Crippen MR) is 70.6 cm³/mol. The van der Waals surface area contributed by atoms with E-state index in [0.29, 0.717) is 17.8 Å². The lowest BCUT2D eigenvalue weighted by Crippen LogP contribution is -2.35. The quantitative estimate of drug-likeness (QED) is 0.684. The van der Waals surface area contributed by atoms with Gasteiger partial charge in [-0.15, -0.1) is 11.3 Å². The summed E-state index contributed by atoms with van der Waals surface area (Å²) in [6.07, 6.45) is 0.778. The summed E-state index contributed by atoms with van der Waals surface area (Å²) >= 11 is 1.37. The maximum atomic E-state index is 11.5. The van der Waals surface area contributed by atoms with E-state index in [1.165, 1.54) is 11.3 Å². The summed E-state index contributed by atoms with van der Waals surface area (Å²) in [5.74, 6) is -0.274. The van der Waals surface area contributed by atoms with Crippen LogP contribution >= 0.6 is 11.3 Å². The van der Waals surface area contributed by atoms with E-state index >= 15 is 0 Å². The molecular formula is C12H18N2O3S. The Morgan fingerprint density at radius 1 is 1.50 bits per heavy atom. The SMILES string of the molecule is CC(CCO)NC(=O)CCNC(=O)c1cccs1. The summed E-state index contributed by atoms with van der Waals surface area (Å²) in [5.41, 5.74) is 0. The number of rotatable bonds is 7. The molecule has 3 N–H and O–H groups in total. The zero-order valence-electron chi connectivity index (χ0n) is 10.3. The Labute approximate surface area is 110 Å². The summed E-state index contributed by atoms with van der Waals surface area (Å²) in [6, 6.07) is 3.50. The van der Waals surface area contributed by atoms with Crippen molar-refractivity contribution in [3.63, 3.8) is 0 Å². The highest BCUT2D eigenvalue weighted by Gasteiger charge is 2.09. The molecule has 0 aliphatic carbocycles. The van der Waals surface area contributed by atoms with Gasteiger partial charge in [-0.1, -0.05) is 6.07 Å². The van der Waals surface area contributed by atoms with E-state index in [1.807, 2.05) is 18.4 Å². The van der Waals surface area contributed by atoms with E-state index in [0.717, 1.165) is 0 Å². The van der Waals surface area contributed by atoms with Crippen LogP contribution in [0.5, 0.6) is 0 Å². The molecule has 100 valence electrons. The van der Waals surface area contributed by atoms with Gasteiger partial charge in [-0.3, -0.25) is 9.59 Å². The Hall–Kier alpha value is -1.40. The molecule has 1 heterocycles. The van der Waals surface area contributed by atoms with Gasteiger partial charge < -0.3 is 15.7 Å². The molecule has 0 fully saturated rings. The lowest BCUT2D eigenvalue weighted by atomic mass is 10.2. The second-order valence-electron chi connectivity index (χ2n) is 3.96. The highest BCUT2D eigenvalue weighted by atomic mass is 32.1. The van der Waals surface area contributed by atoms with E-state index in [2.05, 4.69) is 10.6 Å². The number of amides is 2. The van der Waals surface area contributed by atoms with Gasteiger partial charge in [0.2, 0.25) is 5.91 Å². The van der Waals surface area contributed by atoms with Crippen LogP contribution in [0, 0.1) is 0 Å². The van der Waals surface area contributed by atoms with Crippen molar-refractivity contribution in [1.29, 1.82) is 0 Å². The summed E-state index contributed by atoms with van der Waals surface area (Å²) in [5, 5.41) is 16.0. The second kappa shape index (κ2) is 7.84. The third-order valence-electron chi connectivity index (χ3n) is 2.35. The zero-order chi connectivity index (χ0) is 13.4. The first-order chi connectivity index (χ1) is 8.63. The van der Waals surface area contributed by atoms with Gasteiger partial charge in [0.25, 0.3) is 5.91 Å². The van der Waals surface area contributed by atoms with Crippen LogP contribution in [0.2, 0.25) is 0 Å². The maximum Gasteiger partial charge on any atom is 0.261 e. The summed E-state index contributed by atoms with van der Waals surface area (Å²) in [6.45, 7) is 2.20. The van der Waals surface area contributed by atoms with Crippen LogP contribution in [-0.2, 0) is 4.79 Å². The first kappa shape index (κ1) is 14.7. The van der Waals surface area contributed by atoms with Crippen molar-refractivity contribution in [2.75, 3.05) is 13.2 Å². The Morgan fingerprint density at radius 2 is 2.28 bits per heavy atom. The number of aliphatic hydroxyl groups excluding tert-OH is 1. The smallest absolute Gasteiger partial charge is 0.261 e. The van der Waals surface area contributed by atoms with Gasteiger partial charge in [0, 0.05) is 25.6 Å². The molecule has 1 atom stereocenters. The number of aliphatic hydroxyl groups is 1. The third-order valence-corrected chi connectivity index (χ3v) is 3.22. The van der Waals surface area contributed by atoms with Crippen LogP contribution in [0.3, 0.4) is 0 Å². The van der Waals surface area contributed by atoms with Gasteiger partial charge in [-0.05, 0) is 24.8 Å². The van der Waals surface area contributed by atoms with Gasteiger partial charge in [-0.25, -0.2) is 0 Å². The van der Waals surface area contributed by atoms with Crippen molar-refractivity contribution >= 4 is 23.2 Å². The van der Waals surface area contributed by atoms with Gasteiger partial charge in [0.15, 0.2) is 0 Å². The van der Waals surface area contributed by atoms with Gasteiger partial charge in [-0.2, -0.15) is 0 Å². The number of carbonyl (C=O) groups is 2. The molecule has 2 amide bonds. The Balaban J connectivity index is 2.17. The zero-order valence-corrected chi connectivity index (χ0v) is 11.1. The normalized spacial score (nSPS) is 11.9. The lowest BCUT2D eigenvalue weighted by Gasteiger charge is -2.12. The van der Waals surface area contributed by atoms with Crippen molar-refractivity contribution in [1.82, 2.24) is 10.6 Å². The Kier molecular flexibility index (Phi) is 6.38. The number of carbonyl (C=O) groups excluding carboxylic acids is 2. The molecule has 0 aliphatic heterocycles. The van der Waals surface area contributed by atoms with Crippen molar-refractivity contribution in [3.8, 4) is 0 Å². The number of hydrogen-bond acceptors (Lipinski definition) is 4. The topological polar surface area (TPSA) is 78.4 Å². The molecule has 0 aliphatic rings. The molecule has 0 radical (unpaired) electrons. The van der Waals surface area contributed by atoms with E-state index < -0.39 is 0 Å². The molecule has 1 aromatic rings. The van der Waals surface area contributed by atoms with Crippen molar-refractivity contribution in [2.24, 2.45) is 0 Å². The summed E-state index contributed by atoms with van der Waals surface area (Å²) < 4.78 is 0. The Bertz CT molecular complexity index is 379. The average Bonchev–Trinajstić information content (AvgIpc) is 2.82. The van der Waals surface area contributed by atoms with Crippen LogP contribution in [0.4, 0.5) is 0 Å². The fraction of sp³-hybridized carbons (Fsp3) is 0.500. The molecule has 1 unspecified atom stereocenters. The number of thiophene rings is 1. The van der Waals surface area contributed by atoms with Crippen LogP contribution in [-0.4, -0.2) is 36.1 Å². The van der Waals surface area contributed by atoms with E-state index in [1.54, 1.807) is 6.07 Å². The minimum absolute atomic E-state index is 0.0458. The largest absolute Gasteiger partial charge is 0.396 e. The highest BCUT2D eigenvalue weighted by Crippen LogP contribution is 2.07. The van der Waals surface area contributed by atoms with Gasteiger partial charge >= 0.3 is 0 Å². The monoisotopic (exact) mass is 270 g/mol. The number of hydrogen-bond donors (Lipinski definition) is 3. The van der Waals surface area contributed by atoms with Crippen LogP contribution in [0.25, 0.3) is 0 Å². The van der Waals surface area contributed by atoms with Crippen LogP contribution < -0.4 is 10.6 Å². The number of nitrogens with one attached hydrogen (secondary N) is 2. The molecule has 0 bridgehead atoms. The Morgan fingerprint density at radius 3 is 2.89 bits per heavy atom. The molecular weight excluding hydrogens is 252 g/mol. The molecule has 0 spiro atoms. The van der Waals surface area contributed by atoms with Crippen molar-refractivity contribution in [2.45, 2.75) is 25.8 Å². The molecule has 0 saturated carbocycles. The van der Waals surface area contributed by atoms with Crippen LogP contribution in [0.15, 0.2) is 17.5 Å². The lowest BCUT2D eigenvalue weighted by molar-refractivity contribution is -0.121.